The van der Waals surface area contributed by atoms with Crippen molar-refractivity contribution < 1.29 is 9.66 Å². The molecule has 0 aliphatic heterocycles. The van der Waals surface area contributed by atoms with Crippen LogP contribution in [0.25, 0.3) is 0 Å². The number of benzene rings is 1. The summed E-state index contributed by atoms with van der Waals surface area (Å²) in [5, 5.41) is 11.0. The zero-order chi connectivity index (χ0) is 14.0. The molecule has 0 amide bonds. The van der Waals surface area contributed by atoms with Crippen LogP contribution in [0.15, 0.2) is 45.8 Å². The molecule has 2 rings (SSSR count). The second-order valence-electron chi connectivity index (χ2n) is 3.73. The largest absolute Gasteiger partial charge is 0.449 e. The van der Waals surface area contributed by atoms with Crippen LogP contribution in [0.2, 0.25) is 0 Å². The van der Waals surface area contributed by atoms with Crippen molar-refractivity contribution in [2.24, 2.45) is 7.05 Å². The lowest BCUT2D eigenvalue weighted by molar-refractivity contribution is -0.387. The first kappa shape index (κ1) is 13.3. The van der Waals surface area contributed by atoms with Gasteiger partial charge in [-0.05, 0) is 28.1 Å². The lowest BCUT2D eigenvalue weighted by Crippen LogP contribution is -2.19. The number of nitro groups is 1. The van der Waals surface area contributed by atoms with E-state index in [4.69, 9.17) is 4.74 Å². The minimum Gasteiger partial charge on any atom is -0.449 e. The van der Waals surface area contributed by atoms with Crippen LogP contribution in [-0.2, 0) is 7.05 Å². The number of ether oxygens (including phenoxy) is 1. The molecule has 0 spiro atoms. The van der Waals surface area contributed by atoms with E-state index >= 15 is 0 Å². The zero-order valence-corrected chi connectivity index (χ0v) is 11.5. The van der Waals surface area contributed by atoms with Crippen LogP contribution in [0, 0.1) is 10.1 Å². The highest BCUT2D eigenvalue weighted by Gasteiger charge is 2.22. The maximum Gasteiger partial charge on any atom is 0.376 e. The maximum atomic E-state index is 11.7. The highest BCUT2D eigenvalue weighted by Crippen LogP contribution is 2.32. The van der Waals surface area contributed by atoms with Crippen LogP contribution in [0.4, 0.5) is 5.69 Å². The first-order valence-electron chi connectivity index (χ1n) is 5.27. The molecule has 0 aliphatic rings. The summed E-state index contributed by atoms with van der Waals surface area (Å²) in [6, 6.07) is 8.29. The van der Waals surface area contributed by atoms with Gasteiger partial charge < -0.3 is 9.30 Å². The molecule has 0 fully saturated rings. The molecule has 0 saturated carbocycles. The van der Waals surface area contributed by atoms with Gasteiger partial charge in [-0.3, -0.25) is 14.9 Å². The fraction of sp³-hybridized carbons (Fsp3) is 0.0833. The van der Waals surface area contributed by atoms with E-state index in [1.54, 1.807) is 24.3 Å². The summed E-state index contributed by atoms with van der Waals surface area (Å²) >= 11 is 3.27. The Balaban J connectivity index is 2.53. The third-order valence-corrected chi connectivity index (χ3v) is 3.10. The van der Waals surface area contributed by atoms with Crippen molar-refractivity contribution in [1.82, 2.24) is 4.57 Å². The molecule has 0 atom stereocenters. The van der Waals surface area contributed by atoms with Crippen LogP contribution >= 0.6 is 15.9 Å². The van der Waals surface area contributed by atoms with Crippen LogP contribution < -0.4 is 10.3 Å². The Hall–Kier alpha value is -2.15. The van der Waals surface area contributed by atoms with Gasteiger partial charge in [-0.1, -0.05) is 12.1 Å². The van der Waals surface area contributed by atoms with Gasteiger partial charge in [0.05, 0.1) is 9.40 Å². The lowest BCUT2D eigenvalue weighted by Gasteiger charge is -2.08. The number of aromatic nitrogens is 1. The predicted octanol–water partition coefficient (Wildman–Crippen LogP) is 2.85. The second kappa shape index (κ2) is 5.23. The topological polar surface area (TPSA) is 74.4 Å². The van der Waals surface area contributed by atoms with Gasteiger partial charge in [0.25, 0.3) is 0 Å². The molecular weight excluding hydrogens is 316 g/mol. The van der Waals surface area contributed by atoms with Crippen molar-refractivity contribution in [3.63, 3.8) is 0 Å². The Kier molecular flexibility index (Phi) is 3.66. The van der Waals surface area contributed by atoms with Crippen LogP contribution in [0.3, 0.4) is 0 Å². The summed E-state index contributed by atoms with van der Waals surface area (Å²) in [4.78, 5) is 22.0. The van der Waals surface area contributed by atoms with E-state index in [9.17, 15) is 14.9 Å². The molecule has 0 unspecified atom stereocenters. The molecular formula is C12H9BrN2O4. The molecule has 19 heavy (non-hydrogen) atoms. The van der Waals surface area contributed by atoms with Crippen molar-refractivity contribution in [3.8, 4) is 11.5 Å². The monoisotopic (exact) mass is 324 g/mol. The van der Waals surface area contributed by atoms with E-state index in [2.05, 4.69) is 15.9 Å². The molecule has 7 heteroatoms. The molecule has 0 aliphatic carbocycles. The third-order valence-electron chi connectivity index (χ3n) is 2.44. The van der Waals surface area contributed by atoms with Crippen molar-refractivity contribution >= 4 is 21.6 Å². The maximum absolute atomic E-state index is 11.7. The molecule has 98 valence electrons. The Morgan fingerprint density at radius 2 is 1.95 bits per heavy atom. The summed E-state index contributed by atoms with van der Waals surface area (Å²) in [6.45, 7) is 0. The molecule has 0 bridgehead atoms. The summed E-state index contributed by atoms with van der Waals surface area (Å²) < 4.78 is 7.21. The van der Waals surface area contributed by atoms with Crippen LogP contribution in [-0.4, -0.2) is 9.49 Å². The SMILES string of the molecule is Cn1ccc(Oc2ccccc2Br)c([N+](=O)[O-])c1=O. The average Bonchev–Trinajstić information content (AvgIpc) is 2.36. The summed E-state index contributed by atoms with van der Waals surface area (Å²) in [6.07, 6.45) is 1.42. The first-order chi connectivity index (χ1) is 9.00. The molecule has 0 saturated heterocycles. The van der Waals surface area contributed by atoms with E-state index in [1.165, 1.54) is 19.3 Å². The molecule has 1 heterocycles. The Bertz CT molecular complexity index is 696. The van der Waals surface area contributed by atoms with Crippen LogP contribution in [0.1, 0.15) is 0 Å². The number of para-hydroxylation sites is 1. The Morgan fingerprint density at radius 3 is 2.58 bits per heavy atom. The van der Waals surface area contributed by atoms with Crippen molar-refractivity contribution in [2.75, 3.05) is 0 Å². The Morgan fingerprint density at radius 1 is 1.26 bits per heavy atom. The van der Waals surface area contributed by atoms with Gasteiger partial charge in [-0.25, -0.2) is 0 Å². The predicted molar refractivity (Wildman–Crippen MR) is 72.6 cm³/mol. The number of nitrogens with zero attached hydrogens (tertiary/aromatic N) is 2. The molecule has 1 aromatic carbocycles. The molecule has 0 radical (unpaired) electrons. The van der Waals surface area contributed by atoms with Gasteiger partial charge >= 0.3 is 11.2 Å². The van der Waals surface area contributed by atoms with E-state index in [-0.39, 0.29) is 5.75 Å². The molecule has 6 nitrogen and oxygen atoms in total. The fourth-order valence-electron chi connectivity index (χ4n) is 1.49. The van der Waals surface area contributed by atoms with Gasteiger partial charge in [0.2, 0.25) is 5.75 Å². The lowest BCUT2D eigenvalue weighted by atomic mass is 10.3. The van der Waals surface area contributed by atoms with E-state index in [0.29, 0.717) is 10.2 Å². The smallest absolute Gasteiger partial charge is 0.376 e. The van der Waals surface area contributed by atoms with Gasteiger partial charge in [0, 0.05) is 19.3 Å². The number of hydrogen-bond donors (Lipinski definition) is 0. The first-order valence-corrected chi connectivity index (χ1v) is 6.06. The standard InChI is InChI=1S/C12H9BrN2O4/c1-14-7-6-10(11(12(14)16)15(17)18)19-9-5-3-2-4-8(9)13/h2-7H,1H3. The molecule has 2 aromatic rings. The third kappa shape index (κ3) is 2.65. The minimum absolute atomic E-state index is 0.0833. The summed E-state index contributed by atoms with van der Waals surface area (Å²) in [7, 11) is 1.44. The fourth-order valence-corrected chi connectivity index (χ4v) is 1.86. The normalized spacial score (nSPS) is 10.2. The molecule has 1 aromatic heterocycles. The van der Waals surface area contributed by atoms with E-state index in [1.807, 2.05) is 0 Å². The van der Waals surface area contributed by atoms with Gasteiger partial charge in [-0.2, -0.15) is 0 Å². The van der Waals surface area contributed by atoms with Crippen molar-refractivity contribution in [2.45, 2.75) is 0 Å². The number of rotatable bonds is 3. The average molecular weight is 325 g/mol. The number of aryl methyl sites for hydroxylation is 1. The van der Waals surface area contributed by atoms with Gasteiger partial charge in [0.15, 0.2) is 0 Å². The van der Waals surface area contributed by atoms with Crippen molar-refractivity contribution in [3.05, 3.63) is 61.5 Å². The highest BCUT2D eigenvalue weighted by molar-refractivity contribution is 9.10. The van der Waals surface area contributed by atoms with E-state index < -0.39 is 16.2 Å². The second-order valence-corrected chi connectivity index (χ2v) is 4.59. The number of pyridine rings is 1. The highest BCUT2D eigenvalue weighted by atomic mass is 79.9. The minimum atomic E-state index is -0.742. The quantitative estimate of drug-likeness (QED) is 0.642. The molecule has 0 N–H and O–H groups in total. The van der Waals surface area contributed by atoms with Gasteiger partial charge in [0.1, 0.15) is 5.75 Å². The van der Waals surface area contributed by atoms with Gasteiger partial charge in [-0.15, -0.1) is 0 Å². The van der Waals surface area contributed by atoms with Crippen LogP contribution in [0.5, 0.6) is 11.5 Å². The summed E-state index contributed by atoms with van der Waals surface area (Å²) in [5.41, 5.74) is -1.30. The Labute approximate surface area is 116 Å². The number of halogens is 1. The van der Waals surface area contributed by atoms with Crippen molar-refractivity contribution in [1.29, 1.82) is 0 Å². The van der Waals surface area contributed by atoms with E-state index in [0.717, 1.165) is 4.57 Å². The number of hydrogen-bond acceptors (Lipinski definition) is 4. The zero-order valence-electron chi connectivity index (χ0n) is 9.87. The summed E-state index contributed by atoms with van der Waals surface area (Å²) in [5.74, 6) is 0.318.